The third-order valence-electron chi connectivity index (χ3n) is 8.87. The number of imidazole rings is 1. The average Bonchev–Trinajstić information content (AvgIpc) is 3.22. The molecule has 0 aromatic carbocycles. The molecule has 3 aliphatic carbocycles. The number of nitrogens with one attached hydrogen (secondary N) is 1. The number of aromatic amines is 1. The molecule has 0 radical (unpaired) electrons. The number of hydrogen-bond acceptors (Lipinski definition) is 3. The Hall–Kier alpha value is -1.13. The second kappa shape index (κ2) is 7.60. The van der Waals surface area contributed by atoms with E-state index in [1.807, 2.05) is 6.20 Å². The molecule has 0 spiro atoms. The van der Waals surface area contributed by atoms with Crippen LogP contribution in [0.15, 0.2) is 24.2 Å². The number of hydrogen-bond donors (Lipinski definition) is 1. The molecule has 3 heterocycles. The van der Waals surface area contributed by atoms with Crippen molar-refractivity contribution in [2.75, 3.05) is 32.7 Å². The van der Waals surface area contributed by atoms with Crippen molar-refractivity contribution in [1.29, 1.82) is 0 Å². The van der Waals surface area contributed by atoms with Gasteiger partial charge in [-0.3, -0.25) is 9.80 Å². The van der Waals surface area contributed by atoms with Gasteiger partial charge < -0.3 is 4.98 Å². The van der Waals surface area contributed by atoms with Gasteiger partial charge in [0.15, 0.2) is 0 Å². The molecule has 4 heteroatoms. The summed E-state index contributed by atoms with van der Waals surface area (Å²) in [5.74, 6) is 3.77. The van der Waals surface area contributed by atoms with Crippen LogP contribution in [0, 0.1) is 29.1 Å². The van der Waals surface area contributed by atoms with Gasteiger partial charge in [-0.15, -0.1) is 0 Å². The van der Waals surface area contributed by atoms with Crippen LogP contribution in [0.25, 0.3) is 0 Å². The molecule has 4 nitrogen and oxygen atoms in total. The summed E-state index contributed by atoms with van der Waals surface area (Å²) in [6.07, 6.45) is 14.8. The largest absolute Gasteiger partial charge is 0.347 e. The van der Waals surface area contributed by atoms with Crippen molar-refractivity contribution < 1.29 is 0 Å². The highest BCUT2D eigenvalue weighted by atomic mass is 15.1. The van der Waals surface area contributed by atoms with E-state index in [0.29, 0.717) is 5.41 Å². The van der Waals surface area contributed by atoms with Gasteiger partial charge in [0.2, 0.25) is 0 Å². The molecule has 3 fully saturated rings. The normalized spacial score (nSPS) is 32.1. The van der Waals surface area contributed by atoms with E-state index in [2.05, 4.69) is 39.7 Å². The Morgan fingerprint density at radius 3 is 2.18 bits per heavy atom. The van der Waals surface area contributed by atoms with Crippen LogP contribution in [-0.2, 0) is 6.54 Å². The van der Waals surface area contributed by atoms with Gasteiger partial charge in [0.1, 0.15) is 0 Å². The van der Waals surface area contributed by atoms with Crippen LogP contribution in [0.1, 0.15) is 58.1 Å². The van der Waals surface area contributed by atoms with Crippen LogP contribution in [0.3, 0.4) is 0 Å². The monoisotopic (exact) mass is 382 g/mol. The van der Waals surface area contributed by atoms with E-state index in [-0.39, 0.29) is 0 Å². The number of allylic oxidation sites excluding steroid dienone is 1. The van der Waals surface area contributed by atoms with Crippen molar-refractivity contribution in [2.24, 2.45) is 29.1 Å². The van der Waals surface area contributed by atoms with E-state index in [1.54, 1.807) is 11.9 Å². The number of nitrogens with zero attached hydrogens (tertiary/aromatic N) is 3. The minimum atomic E-state index is 0.576. The van der Waals surface area contributed by atoms with E-state index in [1.165, 1.54) is 76.9 Å². The lowest BCUT2D eigenvalue weighted by Crippen LogP contribution is -2.50. The maximum Gasteiger partial charge on any atom is 0.0922 e. The maximum atomic E-state index is 4.15. The molecule has 2 aliphatic heterocycles. The summed E-state index contributed by atoms with van der Waals surface area (Å²) in [6.45, 7) is 12.5. The SMILES string of the molecule is CC1(C)[C@H]2CC=C(CN3CCC(C4CCN(Cc5cnc[nH]5)CC4)CC3)[C@@H]1C2. The van der Waals surface area contributed by atoms with Crippen LogP contribution in [0.4, 0.5) is 0 Å². The van der Waals surface area contributed by atoms with E-state index in [0.717, 1.165) is 30.2 Å². The fraction of sp³-hybridized carbons (Fsp3) is 0.792. The minimum Gasteiger partial charge on any atom is -0.347 e. The lowest BCUT2D eigenvalue weighted by molar-refractivity contribution is -0.0121. The predicted molar refractivity (Wildman–Crippen MR) is 114 cm³/mol. The summed E-state index contributed by atoms with van der Waals surface area (Å²) < 4.78 is 0. The van der Waals surface area contributed by atoms with Gasteiger partial charge in [0.05, 0.1) is 6.33 Å². The molecule has 2 bridgehead atoms. The molecule has 154 valence electrons. The zero-order valence-corrected chi connectivity index (χ0v) is 17.9. The summed E-state index contributed by atoms with van der Waals surface area (Å²) in [6, 6.07) is 0. The first-order chi connectivity index (χ1) is 13.6. The highest BCUT2D eigenvalue weighted by molar-refractivity contribution is 5.24. The van der Waals surface area contributed by atoms with Gasteiger partial charge in [-0.25, -0.2) is 4.98 Å². The number of fused-ring (bicyclic) bond motifs is 1. The molecule has 0 unspecified atom stereocenters. The first kappa shape index (κ1) is 18.9. The van der Waals surface area contributed by atoms with E-state index < -0.39 is 0 Å². The van der Waals surface area contributed by atoms with Crippen molar-refractivity contribution in [3.05, 3.63) is 29.9 Å². The molecule has 1 N–H and O–H groups in total. The Morgan fingerprint density at radius 1 is 1.00 bits per heavy atom. The third kappa shape index (κ3) is 3.59. The Balaban J connectivity index is 1.06. The summed E-state index contributed by atoms with van der Waals surface area (Å²) in [4.78, 5) is 12.8. The Morgan fingerprint density at radius 2 is 1.64 bits per heavy atom. The van der Waals surface area contributed by atoms with Crippen LogP contribution in [0.2, 0.25) is 0 Å². The number of H-pyrrole nitrogens is 1. The summed E-state index contributed by atoms with van der Waals surface area (Å²) in [5, 5.41) is 0. The van der Waals surface area contributed by atoms with Crippen molar-refractivity contribution in [3.8, 4) is 0 Å². The quantitative estimate of drug-likeness (QED) is 0.770. The molecular weight excluding hydrogens is 344 g/mol. The summed E-state index contributed by atoms with van der Waals surface area (Å²) in [5.41, 5.74) is 3.61. The fourth-order valence-electron chi connectivity index (χ4n) is 6.69. The van der Waals surface area contributed by atoms with Crippen LogP contribution >= 0.6 is 0 Å². The zero-order chi connectivity index (χ0) is 19.1. The smallest absolute Gasteiger partial charge is 0.0922 e. The van der Waals surface area contributed by atoms with Gasteiger partial charge in [-0.2, -0.15) is 0 Å². The number of likely N-dealkylation sites (tertiary alicyclic amines) is 2. The molecule has 1 aromatic rings. The zero-order valence-electron chi connectivity index (χ0n) is 17.9. The first-order valence-corrected chi connectivity index (χ1v) is 11.7. The average molecular weight is 383 g/mol. The van der Waals surface area contributed by atoms with Crippen LogP contribution in [-0.4, -0.2) is 52.5 Å². The molecule has 2 atom stereocenters. The lowest BCUT2D eigenvalue weighted by atomic mass is 9.49. The van der Waals surface area contributed by atoms with Gasteiger partial charge >= 0.3 is 0 Å². The molecule has 6 rings (SSSR count). The topological polar surface area (TPSA) is 35.2 Å². The van der Waals surface area contributed by atoms with Gasteiger partial charge in [-0.1, -0.05) is 25.5 Å². The van der Waals surface area contributed by atoms with Gasteiger partial charge in [0, 0.05) is 25.0 Å². The van der Waals surface area contributed by atoms with E-state index in [9.17, 15) is 0 Å². The molecule has 28 heavy (non-hydrogen) atoms. The Labute approximate surface area is 170 Å². The number of rotatable bonds is 5. The fourth-order valence-corrected chi connectivity index (χ4v) is 6.69. The second-order valence-electron chi connectivity index (χ2n) is 10.6. The van der Waals surface area contributed by atoms with E-state index in [4.69, 9.17) is 0 Å². The van der Waals surface area contributed by atoms with Crippen LogP contribution in [0.5, 0.6) is 0 Å². The van der Waals surface area contributed by atoms with Crippen molar-refractivity contribution in [2.45, 2.75) is 58.9 Å². The molecule has 2 saturated heterocycles. The molecule has 1 saturated carbocycles. The highest BCUT2D eigenvalue weighted by Gasteiger charge is 2.51. The highest BCUT2D eigenvalue weighted by Crippen LogP contribution is 2.59. The third-order valence-corrected chi connectivity index (χ3v) is 8.87. The Kier molecular flexibility index (Phi) is 5.13. The second-order valence-corrected chi connectivity index (χ2v) is 10.6. The van der Waals surface area contributed by atoms with Gasteiger partial charge in [0.25, 0.3) is 0 Å². The molecule has 1 aromatic heterocycles. The van der Waals surface area contributed by atoms with Crippen molar-refractivity contribution >= 4 is 0 Å². The summed E-state index contributed by atoms with van der Waals surface area (Å²) in [7, 11) is 0. The summed E-state index contributed by atoms with van der Waals surface area (Å²) >= 11 is 0. The molecule has 0 amide bonds. The maximum absolute atomic E-state index is 4.15. The Bertz CT molecular complexity index is 675. The number of piperidine rings is 2. The predicted octanol–water partition coefficient (Wildman–Crippen LogP) is 4.33. The van der Waals surface area contributed by atoms with Gasteiger partial charge in [-0.05, 0) is 93.8 Å². The minimum absolute atomic E-state index is 0.576. The van der Waals surface area contributed by atoms with Crippen LogP contribution < -0.4 is 0 Å². The van der Waals surface area contributed by atoms with E-state index >= 15 is 0 Å². The molecular formula is C24H38N4. The van der Waals surface area contributed by atoms with Crippen molar-refractivity contribution in [1.82, 2.24) is 19.8 Å². The first-order valence-electron chi connectivity index (χ1n) is 11.7. The standard InChI is InChI=1S/C24H38N4/c1-24(2)21-4-3-20(23(24)13-21)15-27-9-5-18(6-10-27)19-7-11-28(12-8-19)16-22-14-25-17-26-22/h3,14,17-19,21,23H,4-13,15-16H2,1-2H3,(H,25,26)/t21-,23-/m0/s1. The van der Waals surface area contributed by atoms with Crippen molar-refractivity contribution in [3.63, 3.8) is 0 Å². The lowest BCUT2D eigenvalue weighted by Gasteiger charge is -2.57. The number of aromatic nitrogens is 2. The molecule has 5 aliphatic rings.